The van der Waals surface area contributed by atoms with E-state index in [0.29, 0.717) is 12.0 Å². The van der Waals surface area contributed by atoms with E-state index >= 15 is 0 Å². The molecule has 0 radical (unpaired) electrons. The van der Waals surface area contributed by atoms with Gasteiger partial charge in [0.2, 0.25) is 5.91 Å². The molecule has 3 aliphatic rings. The molecule has 0 aromatic rings. The Bertz CT molecular complexity index is 396. The van der Waals surface area contributed by atoms with Crippen molar-refractivity contribution in [2.75, 3.05) is 0 Å². The lowest BCUT2D eigenvalue weighted by molar-refractivity contribution is -0.138. The summed E-state index contributed by atoms with van der Waals surface area (Å²) in [5.74, 6) is 0.591. The average Bonchev–Trinajstić information content (AvgIpc) is 2.95. The first-order valence-corrected chi connectivity index (χ1v) is 6.54. The molecule has 0 aromatic carbocycles. The Labute approximate surface area is 102 Å². The molecule has 0 spiro atoms. The summed E-state index contributed by atoms with van der Waals surface area (Å²) >= 11 is 0. The maximum absolute atomic E-state index is 12.4. The normalized spacial score (nSPS) is 38.9. The topological polar surface area (TPSA) is 70.1 Å². The Morgan fingerprint density at radius 1 is 1.53 bits per heavy atom. The molecule has 1 amide bonds. The molecule has 17 heavy (non-hydrogen) atoms. The number of piperidine rings is 1. The van der Waals surface area contributed by atoms with E-state index in [1.807, 2.05) is 0 Å². The summed E-state index contributed by atoms with van der Waals surface area (Å²) in [5, 5.41) is 9.09. The van der Waals surface area contributed by atoms with E-state index in [1.54, 1.807) is 4.90 Å². The van der Waals surface area contributed by atoms with Gasteiger partial charge in [-0.15, -0.1) is 0 Å². The number of likely N-dealkylation sites (tertiary alicyclic amines) is 1. The Balaban J connectivity index is 1.75. The molecular formula is C13H19N3O. The number of hydrogen-bond acceptors (Lipinski definition) is 3. The van der Waals surface area contributed by atoms with Gasteiger partial charge in [0, 0.05) is 6.04 Å². The van der Waals surface area contributed by atoms with Crippen LogP contribution in [0.3, 0.4) is 0 Å². The zero-order chi connectivity index (χ0) is 12.2. The molecule has 4 nitrogen and oxygen atoms in total. The number of carbonyl (C=O) groups is 1. The lowest BCUT2D eigenvalue weighted by atomic mass is 9.65. The summed E-state index contributed by atoms with van der Waals surface area (Å²) in [6.07, 6.45) is 5.19. The van der Waals surface area contributed by atoms with E-state index in [2.05, 4.69) is 13.0 Å². The van der Waals surface area contributed by atoms with Crippen molar-refractivity contribution in [1.82, 2.24) is 4.90 Å². The van der Waals surface area contributed by atoms with Crippen molar-refractivity contribution in [3.8, 4) is 6.07 Å². The molecule has 0 aromatic heterocycles. The van der Waals surface area contributed by atoms with Crippen molar-refractivity contribution in [3.05, 3.63) is 0 Å². The second-order valence-electron chi connectivity index (χ2n) is 6.17. The summed E-state index contributed by atoms with van der Waals surface area (Å²) in [6.45, 7) is 2.10. The number of nitrogens with two attached hydrogens (primary N) is 1. The zero-order valence-electron chi connectivity index (χ0n) is 10.2. The van der Waals surface area contributed by atoms with Crippen LogP contribution in [0.2, 0.25) is 0 Å². The summed E-state index contributed by atoms with van der Waals surface area (Å²) in [6, 6.07) is 1.94. The van der Waals surface area contributed by atoms with Crippen molar-refractivity contribution in [3.63, 3.8) is 0 Å². The lowest BCUT2D eigenvalue weighted by Crippen LogP contribution is -2.56. The van der Waals surface area contributed by atoms with Crippen LogP contribution in [0.25, 0.3) is 0 Å². The van der Waals surface area contributed by atoms with Gasteiger partial charge >= 0.3 is 0 Å². The van der Waals surface area contributed by atoms with E-state index in [9.17, 15) is 4.79 Å². The molecule has 2 N–H and O–H groups in total. The van der Waals surface area contributed by atoms with Crippen LogP contribution in [0.4, 0.5) is 0 Å². The number of hydrogen-bond donors (Lipinski definition) is 1. The molecular weight excluding hydrogens is 214 g/mol. The number of fused-ring (bicyclic) bond motifs is 1. The largest absolute Gasteiger partial charge is 0.322 e. The van der Waals surface area contributed by atoms with Gasteiger partial charge in [-0.05, 0) is 37.0 Å². The second kappa shape index (κ2) is 3.46. The summed E-state index contributed by atoms with van der Waals surface area (Å²) in [7, 11) is 0. The molecule has 1 saturated heterocycles. The van der Waals surface area contributed by atoms with Crippen molar-refractivity contribution in [2.24, 2.45) is 17.1 Å². The van der Waals surface area contributed by atoms with Crippen LogP contribution in [0.15, 0.2) is 0 Å². The molecule has 2 aliphatic carbocycles. The Morgan fingerprint density at radius 2 is 2.24 bits per heavy atom. The Hall–Kier alpha value is -1.08. The van der Waals surface area contributed by atoms with Crippen molar-refractivity contribution >= 4 is 5.91 Å². The van der Waals surface area contributed by atoms with Gasteiger partial charge in [0.1, 0.15) is 6.04 Å². The van der Waals surface area contributed by atoms with Crippen LogP contribution in [0, 0.1) is 22.7 Å². The first kappa shape index (κ1) is 11.0. The molecule has 3 rings (SSSR count). The van der Waals surface area contributed by atoms with E-state index < -0.39 is 6.04 Å². The summed E-state index contributed by atoms with van der Waals surface area (Å²) in [5.41, 5.74) is 6.11. The van der Waals surface area contributed by atoms with Crippen LogP contribution < -0.4 is 5.73 Å². The standard InChI is InChI=1S/C13H19N3O/c1-13(3-2-4-13)11(15)12(17)16-9(7-14)5-8-6-10(8)16/h8-11H,2-6,15H2,1H3/t8-,9+,10+,11-/m1/s1. The molecule has 0 bridgehead atoms. The lowest BCUT2D eigenvalue weighted by Gasteiger charge is -2.44. The van der Waals surface area contributed by atoms with Crippen molar-refractivity contribution in [1.29, 1.82) is 5.26 Å². The van der Waals surface area contributed by atoms with Crippen molar-refractivity contribution in [2.45, 2.75) is 57.2 Å². The van der Waals surface area contributed by atoms with Gasteiger partial charge in [0.15, 0.2) is 0 Å². The smallest absolute Gasteiger partial charge is 0.241 e. The third-order valence-electron chi connectivity index (χ3n) is 5.02. The molecule has 0 unspecified atom stereocenters. The van der Waals surface area contributed by atoms with Gasteiger partial charge in [-0.25, -0.2) is 0 Å². The van der Waals surface area contributed by atoms with Gasteiger partial charge in [-0.1, -0.05) is 13.3 Å². The molecule has 4 heteroatoms. The van der Waals surface area contributed by atoms with Gasteiger partial charge < -0.3 is 10.6 Å². The Morgan fingerprint density at radius 3 is 2.76 bits per heavy atom. The molecule has 1 aliphatic heterocycles. The fraction of sp³-hybridized carbons (Fsp3) is 0.846. The minimum Gasteiger partial charge on any atom is -0.322 e. The van der Waals surface area contributed by atoms with E-state index in [0.717, 1.165) is 25.7 Å². The summed E-state index contributed by atoms with van der Waals surface area (Å²) in [4.78, 5) is 14.2. The molecule has 1 heterocycles. The maximum Gasteiger partial charge on any atom is 0.241 e. The highest BCUT2D eigenvalue weighted by Gasteiger charge is 2.56. The molecule has 3 fully saturated rings. The predicted octanol–water partition coefficient (Wildman–Crippen LogP) is 1.02. The number of carbonyl (C=O) groups excluding carboxylic acids is 1. The molecule has 92 valence electrons. The molecule has 4 atom stereocenters. The van der Waals surface area contributed by atoms with Crippen LogP contribution >= 0.6 is 0 Å². The van der Waals surface area contributed by atoms with Gasteiger partial charge in [0.05, 0.1) is 12.1 Å². The van der Waals surface area contributed by atoms with Gasteiger partial charge in [-0.2, -0.15) is 5.26 Å². The number of rotatable bonds is 2. The quantitative estimate of drug-likeness (QED) is 0.774. The Kier molecular flexibility index (Phi) is 2.24. The molecule has 2 saturated carbocycles. The maximum atomic E-state index is 12.4. The monoisotopic (exact) mass is 233 g/mol. The SMILES string of the molecule is CC1([C@H](N)C(=O)N2[C@H](C#N)C[C@@H]3C[C@@H]32)CCC1. The van der Waals surface area contributed by atoms with E-state index in [1.165, 1.54) is 6.42 Å². The predicted molar refractivity (Wildman–Crippen MR) is 62.7 cm³/mol. The van der Waals surface area contributed by atoms with Crippen LogP contribution in [0.1, 0.15) is 39.0 Å². The highest BCUT2D eigenvalue weighted by Crippen LogP contribution is 2.49. The van der Waals surface area contributed by atoms with Gasteiger partial charge in [-0.3, -0.25) is 4.79 Å². The minimum atomic E-state index is -0.411. The van der Waals surface area contributed by atoms with E-state index in [4.69, 9.17) is 11.0 Å². The number of amides is 1. The van der Waals surface area contributed by atoms with Crippen LogP contribution in [0.5, 0.6) is 0 Å². The van der Waals surface area contributed by atoms with Crippen LogP contribution in [-0.2, 0) is 4.79 Å². The highest BCUT2D eigenvalue weighted by atomic mass is 16.2. The second-order valence-corrected chi connectivity index (χ2v) is 6.17. The minimum absolute atomic E-state index is 0.0174. The average molecular weight is 233 g/mol. The summed E-state index contributed by atoms with van der Waals surface area (Å²) < 4.78 is 0. The fourth-order valence-corrected chi connectivity index (χ4v) is 3.39. The fourth-order valence-electron chi connectivity index (χ4n) is 3.39. The van der Waals surface area contributed by atoms with E-state index in [-0.39, 0.29) is 17.4 Å². The zero-order valence-corrected chi connectivity index (χ0v) is 10.2. The van der Waals surface area contributed by atoms with Crippen molar-refractivity contribution < 1.29 is 4.79 Å². The van der Waals surface area contributed by atoms with Gasteiger partial charge in [0.25, 0.3) is 0 Å². The first-order chi connectivity index (χ1) is 8.07. The first-order valence-electron chi connectivity index (χ1n) is 6.54. The number of nitrogens with zero attached hydrogens (tertiary/aromatic N) is 2. The van der Waals surface area contributed by atoms with Crippen LogP contribution in [-0.4, -0.2) is 28.9 Å². The third-order valence-corrected chi connectivity index (χ3v) is 5.02. The number of nitriles is 1. The third kappa shape index (κ3) is 1.49. The highest BCUT2D eigenvalue weighted by molar-refractivity contribution is 5.84.